The van der Waals surface area contributed by atoms with Crippen molar-refractivity contribution >= 4 is 6.03 Å². The first kappa shape index (κ1) is 14.5. The van der Waals surface area contributed by atoms with Crippen LogP contribution in [0.4, 0.5) is 4.79 Å². The van der Waals surface area contributed by atoms with Crippen LogP contribution in [0.2, 0.25) is 0 Å². The van der Waals surface area contributed by atoms with Crippen molar-refractivity contribution in [1.29, 1.82) is 0 Å². The number of rotatable bonds is 4. The van der Waals surface area contributed by atoms with Gasteiger partial charge in [-0.15, -0.1) is 0 Å². The van der Waals surface area contributed by atoms with Gasteiger partial charge in [0.1, 0.15) is 11.5 Å². The number of carbonyl (C=O) groups excluding carboxylic acids is 1. The molecule has 1 aliphatic rings. The van der Waals surface area contributed by atoms with Gasteiger partial charge in [-0.25, -0.2) is 4.79 Å². The average molecular weight is 278 g/mol. The van der Waals surface area contributed by atoms with Gasteiger partial charge in [0.15, 0.2) is 0 Å². The van der Waals surface area contributed by atoms with Gasteiger partial charge in [0.25, 0.3) is 0 Å². The van der Waals surface area contributed by atoms with Crippen LogP contribution in [0.25, 0.3) is 0 Å². The highest BCUT2D eigenvalue weighted by Crippen LogP contribution is 2.38. The third kappa shape index (κ3) is 2.81. The number of nitrogens with zero attached hydrogens (tertiary/aromatic N) is 1. The molecule has 1 unspecified atom stereocenters. The van der Waals surface area contributed by atoms with E-state index in [1.807, 2.05) is 30.0 Å². The van der Waals surface area contributed by atoms with Crippen LogP contribution < -0.4 is 14.8 Å². The largest absolute Gasteiger partial charge is 0.497 e. The van der Waals surface area contributed by atoms with E-state index in [1.54, 1.807) is 14.2 Å². The Kier molecular flexibility index (Phi) is 4.71. The second kappa shape index (κ2) is 6.50. The van der Waals surface area contributed by atoms with Gasteiger partial charge in [-0.2, -0.15) is 0 Å². The number of carbonyl (C=O) groups is 1. The third-order valence-electron chi connectivity index (χ3n) is 3.64. The number of methoxy groups -OCH3 is 2. The molecule has 1 saturated heterocycles. The lowest BCUT2D eigenvalue weighted by atomic mass is 10.0. The van der Waals surface area contributed by atoms with Crippen molar-refractivity contribution in [1.82, 2.24) is 10.2 Å². The summed E-state index contributed by atoms with van der Waals surface area (Å²) in [5.74, 6) is 1.58. The van der Waals surface area contributed by atoms with Crippen molar-refractivity contribution in [3.8, 4) is 11.5 Å². The van der Waals surface area contributed by atoms with Gasteiger partial charge in [-0.1, -0.05) is 0 Å². The lowest BCUT2D eigenvalue weighted by Crippen LogP contribution is -2.39. The van der Waals surface area contributed by atoms with E-state index in [1.165, 1.54) is 0 Å². The van der Waals surface area contributed by atoms with Crippen LogP contribution in [0.5, 0.6) is 11.5 Å². The van der Waals surface area contributed by atoms with Crippen LogP contribution in [0, 0.1) is 0 Å². The molecule has 2 amide bonds. The molecule has 0 bridgehead atoms. The number of hydrogen-bond donors (Lipinski definition) is 1. The maximum atomic E-state index is 12.1. The van der Waals surface area contributed by atoms with E-state index in [9.17, 15) is 4.79 Å². The molecule has 0 aliphatic carbocycles. The number of urea groups is 1. The van der Waals surface area contributed by atoms with E-state index in [2.05, 4.69) is 5.32 Å². The van der Waals surface area contributed by atoms with E-state index >= 15 is 0 Å². The van der Waals surface area contributed by atoms with E-state index in [4.69, 9.17) is 9.47 Å². The van der Waals surface area contributed by atoms with Crippen LogP contribution in [0.1, 0.15) is 31.4 Å². The number of benzene rings is 1. The van der Waals surface area contributed by atoms with Crippen LogP contribution in [0.15, 0.2) is 18.2 Å². The Morgan fingerprint density at radius 1 is 1.40 bits per heavy atom. The molecular weight excluding hydrogens is 256 g/mol. The minimum Gasteiger partial charge on any atom is -0.497 e. The fourth-order valence-corrected chi connectivity index (χ4v) is 2.69. The Bertz CT molecular complexity index is 476. The number of amides is 2. The molecule has 1 heterocycles. The zero-order chi connectivity index (χ0) is 14.5. The predicted molar refractivity (Wildman–Crippen MR) is 77.3 cm³/mol. The summed E-state index contributed by atoms with van der Waals surface area (Å²) in [6, 6.07) is 5.75. The van der Waals surface area contributed by atoms with Crippen LogP contribution in [-0.2, 0) is 0 Å². The topological polar surface area (TPSA) is 50.8 Å². The molecule has 1 N–H and O–H groups in total. The zero-order valence-corrected chi connectivity index (χ0v) is 12.3. The maximum Gasteiger partial charge on any atom is 0.317 e. The number of likely N-dealkylation sites (tertiary alicyclic amines) is 1. The van der Waals surface area contributed by atoms with Gasteiger partial charge in [0.05, 0.1) is 20.3 Å². The highest BCUT2D eigenvalue weighted by molar-refractivity contribution is 5.75. The van der Waals surface area contributed by atoms with E-state index in [0.29, 0.717) is 6.54 Å². The van der Waals surface area contributed by atoms with Gasteiger partial charge >= 0.3 is 6.03 Å². The summed E-state index contributed by atoms with van der Waals surface area (Å²) >= 11 is 0. The van der Waals surface area contributed by atoms with E-state index in [-0.39, 0.29) is 12.1 Å². The SMILES string of the molecule is CCNC(=O)N1CCCC1c1cc(OC)ccc1OC. The minimum absolute atomic E-state index is 0.0140. The quantitative estimate of drug-likeness (QED) is 0.921. The summed E-state index contributed by atoms with van der Waals surface area (Å²) in [6.07, 6.45) is 1.95. The summed E-state index contributed by atoms with van der Waals surface area (Å²) in [4.78, 5) is 14.0. The molecule has 5 nitrogen and oxygen atoms in total. The third-order valence-corrected chi connectivity index (χ3v) is 3.64. The first-order chi connectivity index (χ1) is 9.71. The molecule has 1 aromatic rings. The number of nitrogens with one attached hydrogen (secondary N) is 1. The maximum absolute atomic E-state index is 12.1. The zero-order valence-electron chi connectivity index (χ0n) is 12.3. The van der Waals surface area contributed by atoms with Gasteiger partial charge in [0.2, 0.25) is 0 Å². The normalized spacial score (nSPS) is 17.9. The molecule has 1 fully saturated rings. The highest BCUT2D eigenvalue weighted by atomic mass is 16.5. The highest BCUT2D eigenvalue weighted by Gasteiger charge is 2.31. The lowest BCUT2D eigenvalue weighted by molar-refractivity contribution is 0.192. The minimum atomic E-state index is -0.0140. The second-order valence-corrected chi connectivity index (χ2v) is 4.79. The monoisotopic (exact) mass is 278 g/mol. The molecule has 0 spiro atoms. The van der Waals surface area contributed by atoms with Gasteiger partial charge in [0, 0.05) is 18.7 Å². The fraction of sp³-hybridized carbons (Fsp3) is 0.533. The molecule has 0 aromatic heterocycles. The average Bonchev–Trinajstić information content (AvgIpc) is 2.96. The van der Waals surface area contributed by atoms with Gasteiger partial charge in [-0.05, 0) is 38.0 Å². The van der Waals surface area contributed by atoms with Crippen molar-refractivity contribution in [2.45, 2.75) is 25.8 Å². The summed E-state index contributed by atoms with van der Waals surface area (Å²) in [7, 11) is 3.29. The van der Waals surface area contributed by atoms with Crippen molar-refractivity contribution in [3.63, 3.8) is 0 Å². The first-order valence-corrected chi connectivity index (χ1v) is 6.97. The van der Waals surface area contributed by atoms with E-state index in [0.717, 1.165) is 36.4 Å². The summed E-state index contributed by atoms with van der Waals surface area (Å²) in [6.45, 7) is 3.34. The van der Waals surface area contributed by atoms with Gasteiger partial charge in [-0.3, -0.25) is 0 Å². The van der Waals surface area contributed by atoms with Crippen molar-refractivity contribution in [2.24, 2.45) is 0 Å². The summed E-state index contributed by atoms with van der Waals surface area (Å²) < 4.78 is 10.7. The molecule has 2 rings (SSSR count). The molecular formula is C15H22N2O3. The van der Waals surface area contributed by atoms with Crippen molar-refractivity contribution in [3.05, 3.63) is 23.8 Å². The van der Waals surface area contributed by atoms with Crippen molar-refractivity contribution in [2.75, 3.05) is 27.3 Å². The van der Waals surface area contributed by atoms with Crippen molar-refractivity contribution < 1.29 is 14.3 Å². The molecule has 20 heavy (non-hydrogen) atoms. The van der Waals surface area contributed by atoms with E-state index < -0.39 is 0 Å². The molecule has 1 atom stereocenters. The summed E-state index contributed by atoms with van der Waals surface area (Å²) in [5, 5.41) is 2.87. The Labute approximate surface area is 119 Å². The Morgan fingerprint density at radius 3 is 2.85 bits per heavy atom. The molecule has 1 aromatic carbocycles. The Hall–Kier alpha value is -1.91. The first-order valence-electron chi connectivity index (χ1n) is 6.97. The standard InChI is InChI=1S/C15H22N2O3/c1-4-16-15(18)17-9-5-6-13(17)12-10-11(19-2)7-8-14(12)20-3/h7-8,10,13H,4-6,9H2,1-3H3,(H,16,18). The molecule has 5 heteroatoms. The molecule has 1 aliphatic heterocycles. The summed E-state index contributed by atoms with van der Waals surface area (Å²) in [5.41, 5.74) is 1.01. The van der Waals surface area contributed by atoms with Gasteiger partial charge < -0.3 is 19.7 Å². The van der Waals surface area contributed by atoms with Crippen LogP contribution >= 0.6 is 0 Å². The molecule has 0 radical (unpaired) electrons. The van der Waals surface area contributed by atoms with Crippen LogP contribution in [-0.4, -0.2) is 38.2 Å². The molecule has 0 saturated carbocycles. The number of ether oxygens (including phenoxy) is 2. The number of hydrogen-bond acceptors (Lipinski definition) is 3. The second-order valence-electron chi connectivity index (χ2n) is 4.79. The Morgan fingerprint density at radius 2 is 2.20 bits per heavy atom. The Balaban J connectivity index is 2.31. The smallest absolute Gasteiger partial charge is 0.317 e. The fourth-order valence-electron chi connectivity index (χ4n) is 2.69. The molecule has 110 valence electrons. The predicted octanol–water partition coefficient (Wildman–Crippen LogP) is 2.57. The lowest BCUT2D eigenvalue weighted by Gasteiger charge is -2.26. The van der Waals surface area contributed by atoms with Crippen LogP contribution in [0.3, 0.4) is 0 Å².